The van der Waals surface area contributed by atoms with Gasteiger partial charge in [0.25, 0.3) is 0 Å². The van der Waals surface area contributed by atoms with E-state index in [4.69, 9.17) is 5.11 Å². The SMILES string of the molecule is Cc1cc(C2CCCCC2)nc(CC(C)C(=O)O)n1. The standard InChI is InChI=1S/C15H22N2O2/c1-10(15(18)19)8-14-16-11(2)9-13(17-14)12-6-4-3-5-7-12/h9-10,12H,3-8H2,1-2H3,(H,18,19). The highest BCUT2D eigenvalue weighted by Crippen LogP contribution is 2.31. The molecule has 19 heavy (non-hydrogen) atoms. The zero-order valence-corrected chi connectivity index (χ0v) is 11.7. The highest BCUT2D eigenvalue weighted by Gasteiger charge is 2.19. The molecule has 0 bridgehead atoms. The lowest BCUT2D eigenvalue weighted by atomic mass is 9.86. The molecule has 1 aromatic rings. The molecule has 0 saturated heterocycles. The average Bonchev–Trinajstić information content (AvgIpc) is 2.39. The fraction of sp³-hybridized carbons (Fsp3) is 0.667. The van der Waals surface area contributed by atoms with Crippen molar-refractivity contribution in [3.05, 3.63) is 23.3 Å². The fourth-order valence-electron chi connectivity index (χ4n) is 2.72. The predicted octanol–water partition coefficient (Wildman–Crippen LogP) is 3.10. The van der Waals surface area contributed by atoms with Gasteiger partial charge in [0.2, 0.25) is 0 Å². The van der Waals surface area contributed by atoms with Crippen LogP contribution in [0.15, 0.2) is 6.07 Å². The Morgan fingerprint density at radius 3 is 2.68 bits per heavy atom. The number of nitrogens with zero attached hydrogens (tertiary/aromatic N) is 2. The van der Waals surface area contributed by atoms with Gasteiger partial charge in [0.1, 0.15) is 5.82 Å². The second-order valence-corrected chi connectivity index (χ2v) is 5.63. The van der Waals surface area contributed by atoms with E-state index in [1.165, 1.54) is 32.1 Å². The molecule has 4 heteroatoms. The summed E-state index contributed by atoms with van der Waals surface area (Å²) in [5.41, 5.74) is 2.06. The summed E-state index contributed by atoms with van der Waals surface area (Å²) in [6.07, 6.45) is 6.68. The quantitative estimate of drug-likeness (QED) is 0.905. The molecule has 2 rings (SSSR count). The van der Waals surface area contributed by atoms with E-state index in [1.807, 2.05) is 6.92 Å². The zero-order chi connectivity index (χ0) is 13.8. The first kappa shape index (κ1) is 14.0. The molecular formula is C15H22N2O2. The van der Waals surface area contributed by atoms with Crippen LogP contribution in [0.1, 0.15) is 62.2 Å². The lowest BCUT2D eigenvalue weighted by Gasteiger charge is -2.21. The second-order valence-electron chi connectivity index (χ2n) is 5.63. The Balaban J connectivity index is 2.16. The van der Waals surface area contributed by atoms with Gasteiger partial charge in [-0.05, 0) is 25.8 Å². The van der Waals surface area contributed by atoms with Crippen LogP contribution >= 0.6 is 0 Å². The van der Waals surface area contributed by atoms with Gasteiger partial charge < -0.3 is 5.11 Å². The largest absolute Gasteiger partial charge is 0.481 e. The van der Waals surface area contributed by atoms with Crippen molar-refractivity contribution in [3.8, 4) is 0 Å². The van der Waals surface area contributed by atoms with Crippen molar-refractivity contribution in [2.75, 3.05) is 0 Å². The van der Waals surface area contributed by atoms with Gasteiger partial charge in [-0.1, -0.05) is 26.2 Å². The Morgan fingerprint density at radius 1 is 1.37 bits per heavy atom. The zero-order valence-electron chi connectivity index (χ0n) is 11.7. The van der Waals surface area contributed by atoms with Crippen LogP contribution in [0.25, 0.3) is 0 Å². The molecule has 1 aromatic heterocycles. The molecule has 1 N–H and O–H groups in total. The minimum atomic E-state index is -0.788. The summed E-state index contributed by atoms with van der Waals surface area (Å²) >= 11 is 0. The van der Waals surface area contributed by atoms with Crippen molar-refractivity contribution in [2.24, 2.45) is 5.92 Å². The molecule has 1 unspecified atom stereocenters. The highest BCUT2D eigenvalue weighted by atomic mass is 16.4. The van der Waals surface area contributed by atoms with Crippen LogP contribution in [0.4, 0.5) is 0 Å². The number of aromatic nitrogens is 2. The van der Waals surface area contributed by atoms with Crippen LogP contribution in [0.5, 0.6) is 0 Å². The molecule has 0 aromatic carbocycles. The summed E-state index contributed by atoms with van der Waals surface area (Å²) in [4.78, 5) is 19.9. The maximum absolute atomic E-state index is 10.9. The minimum Gasteiger partial charge on any atom is -0.481 e. The number of rotatable bonds is 4. The Bertz CT molecular complexity index is 453. The van der Waals surface area contributed by atoms with Gasteiger partial charge in [0.05, 0.1) is 5.92 Å². The Hall–Kier alpha value is -1.45. The predicted molar refractivity (Wildman–Crippen MR) is 73.1 cm³/mol. The van der Waals surface area contributed by atoms with Gasteiger partial charge in [-0.25, -0.2) is 9.97 Å². The van der Waals surface area contributed by atoms with Crippen molar-refractivity contribution in [1.82, 2.24) is 9.97 Å². The molecule has 0 aliphatic heterocycles. The highest BCUT2D eigenvalue weighted by molar-refractivity contribution is 5.69. The molecule has 1 heterocycles. The van der Waals surface area contributed by atoms with Gasteiger partial charge in [0.15, 0.2) is 0 Å². The van der Waals surface area contributed by atoms with E-state index in [-0.39, 0.29) is 0 Å². The molecule has 104 valence electrons. The summed E-state index contributed by atoms with van der Waals surface area (Å²) in [6.45, 7) is 3.66. The van der Waals surface area contributed by atoms with Gasteiger partial charge >= 0.3 is 5.97 Å². The van der Waals surface area contributed by atoms with Crippen molar-refractivity contribution in [3.63, 3.8) is 0 Å². The lowest BCUT2D eigenvalue weighted by Crippen LogP contribution is -2.16. The van der Waals surface area contributed by atoms with Crippen molar-refractivity contribution in [2.45, 2.75) is 58.3 Å². The number of carbonyl (C=O) groups is 1. The summed E-state index contributed by atoms with van der Waals surface area (Å²) in [5, 5.41) is 8.98. The Labute approximate surface area is 114 Å². The third kappa shape index (κ3) is 3.75. The van der Waals surface area contributed by atoms with Crippen LogP contribution < -0.4 is 0 Å². The van der Waals surface area contributed by atoms with E-state index in [1.54, 1.807) is 6.92 Å². The molecule has 1 aliphatic rings. The molecule has 0 amide bonds. The molecule has 1 fully saturated rings. The van der Waals surface area contributed by atoms with E-state index in [0.717, 1.165) is 11.4 Å². The molecule has 1 saturated carbocycles. The van der Waals surface area contributed by atoms with Crippen molar-refractivity contribution in [1.29, 1.82) is 0 Å². The first-order valence-corrected chi connectivity index (χ1v) is 7.13. The normalized spacial score (nSPS) is 18.2. The molecule has 4 nitrogen and oxygen atoms in total. The molecular weight excluding hydrogens is 240 g/mol. The monoisotopic (exact) mass is 262 g/mol. The summed E-state index contributed by atoms with van der Waals surface area (Å²) in [7, 11) is 0. The topological polar surface area (TPSA) is 63.1 Å². The van der Waals surface area contributed by atoms with Crippen LogP contribution in [-0.4, -0.2) is 21.0 Å². The maximum atomic E-state index is 10.9. The van der Waals surface area contributed by atoms with Gasteiger partial charge in [-0.15, -0.1) is 0 Å². The number of aryl methyl sites for hydroxylation is 1. The van der Waals surface area contributed by atoms with Crippen LogP contribution in [-0.2, 0) is 11.2 Å². The molecule has 0 radical (unpaired) electrons. The Morgan fingerprint density at radius 2 is 2.05 bits per heavy atom. The van der Waals surface area contributed by atoms with Crippen molar-refractivity contribution >= 4 is 5.97 Å². The maximum Gasteiger partial charge on any atom is 0.306 e. The van der Waals surface area contributed by atoms with E-state index < -0.39 is 11.9 Å². The van der Waals surface area contributed by atoms with Crippen LogP contribution in [0.2, 0.25) is 0 Å². The first-order chi connectivity index (χ1) is 9.06. The van der Waals surface area contributed by atoms with Crippen molar-refractivity contribution < 1.29 is 9.90 Å². The first-order valence-electron chi connectivity index (χ1n) is 7.13. The van der Waals surface area contributed by atoms with Crippen LogP contribution in [0.3, 0.4) is 0 Å². The number of hydrogen-bond acceptors (Lipinski definition) is 3. The summed E-state index contributed by atoms with van der Waals surface area (Å²) in [5.74, 6) is -0.00450. The number of carboxylic acid groups (broad SMARTS) is 1. The summed E-state index contributed by atoms with van der Waals surface area (Å²) < 4.78 is 0. The van der Waals surface area contributed by atoms with Gasteiger partial charge in [-0.3, -0.25) is 4.79 Å². The third-order valence-corrected chi connectivity index (χ3v) is 3.85. The molecule has 0 spiro atoms. The van der Waals surface area contributed by atoms with E-state index >= 15 is 0 Å². The second kappa shape index (κ2) is 6.13. The number of hydrogen-bond donors (Lipinski definition) is 1. The summed E-state index contributed by atoms with van der Waals surface area (Å²) in [6, 6.07) is 2.06. The van der Waals surface area contributed by atoms with Gasteiger partial charge in [-0.2, -0.15) is 0 Å². The lowest BCUT2D eigenvalue weighted by molar-refractivity contribution is -0.141. The fourth-order valence-corrected chi connectivity index (χ4v) is 2.72. The smallest absolute Gasteiger partial charge is 0.306 e. The minimum absolute atomic E-state index is 0.413. The average molecular weight is 262 g/mol. The number of carboxylic acids is 1. The van der Waals surface area contributed by atoms with E-state index in [0.29, 0.717) is 18.2 Å². The molecule has 1 aliphatic carbocycles. The van der Waals surface area contributed by atoms with Gasteiger partial charge in [0, 0.05) is 23.7 Å². The van der Waals surface area contributed by atoms with Crippen LogP contribution in [0, 0.1) is 12.8 Å². The number of aliphatic carboxylic acids is 1. The Kier molecular flexibility index (Phi) is 4.51. The molecule has 1 atom stereocenters. The van der Waals surface area contributed by atoms with E-state index in [2.05, 4.69) is 16.0 Å². The third-order valence-electron chi connectivity index (χ3n) is 3.85. The van der Waals surface area contributed by atoms with E-state index in [9.17, 15) is 4.79 Å².